The highest BCUT2D eigenvalue weighted by Gasteiger charge is 2.19. The summed E-state index contributed by atoms with van der Waals surface area (Å²) in [7, 11) is 0. The van der Waals surface area contributed by atoms with Crippen molar-refractivity contribution in [2.75, 3.05) is 13.2 Å². The molecular weight excluding hydrogens is 769 g/mol. The first kappa shape index (κ1) is 59.6. The number of hydrogen-bond acceptors (Lipinski definition) is 6. The van der Waals surface area contributed by atoms with E-state index >= 15 is 0 Å². The Labute approximate surface area is 385 Å². The molecule has 0 saturated heterocycles. The van der Waals surface area contributed by atoms with Crippen LogP contribution in [0.5, 0.6) is 0 Å². The van der Waals surface area contributed by atoms with Gasteiger partial charge in [0, 0.05) is 19.3 Å². The lowest BCUT2D eigenvalue weighted by molar-refractivity contribution is -0.167. The molecule has 0 aromatic heterocycles. The summed E-state index contributed by atoms with van der Waals surface area (Å²) in [5.74, 6) is -0.906. The van der Waals surface area contributed by atoms with Crippen LogP contribution in [0, 0.1) is 0 Å². The van der Waals surface area contributed by atoms with Crippen molar-refractivity contribution in [3.63, 3.8) is 0 Å². The van der Waals surface area contributed by atoms with Crippen molar-refractivity contribution >= 4 is 17.9 Å². The first-order valence-corrected chi connectivity index (χ1v) is 27.0. The number of hydrogen-bond donors (Lipinski definition) is 0. The summed E-state index contributed by atoms with van der Waals surface area (Å²) >= 11 is 0. The maximum atomic E-state index is 12.8. The van der Waals surface area contributed by atoms with E-state index in [2.05, 4.69) is 57.2 Å². The minimum Gasteiger partial charge on any atom is -0.462 e. The van der Waals surface area contributed by atoms with E-state index in [0.29, 0.717) is 19.3 Å². The second-order valence-corrected chi connectivity index (χ2v) is 18.2. The summed E-state index contributed by atoms with van der Waals surface area (Å²) in [6, 6.07) is 0. The van der Waals surface area contributed by atoms with Gasteiger partial charge in [0.2, 0.25) is 0 Å². The second kappa shape index (κ2) is 51.3. The van der Waals surface area contributed by atoms with Crippen LogP contribution in [-0.2, 0) is 28.6 Å². The third kappa shape index (κ3) is 48.7. The molecule has 0 bridgehead atoms. The standard InChI is InChI=1S/C56H102O6/c1-4-7-10-13-16-19-22-25-27-28-30-32-35-38-41-44-47-50-56(59)62-53(51-60-54(57)48-45-42-39-36-33-24-21-18-15-12-9-6-3)52-61-55(58)49-46-43-40-37-34-31-29-26-23-20-17-14-11-8-5-2/h17,20,26,29,34,37,53H,4-16,18-19,21-25,27-28,30-33,35-36,38-52H2,1-3H3/b20-17-,29-26-,37-34-/t53-/m0/s1. The number of unbranched alkanes of at least 4 members (excludes halogenated alkanes) is 32. The van der Waals surface area contributed by atoms with Crippen molar-refractivity contribution in [3.8, 4) is 0 Å². The van der Waals surface area contributed by atoms with Crippen LogP contribution in [-0.4, -0.2) is 37.2 Å². The van der Waals surface area contributed by atoms with E-state index in [4.69, 9.17) is 14.2 Å². The average molecular weight is 871 g/mol. The Hall–Kier alpha value is -2.37. The van der Waals surface area contributed by atoms with Gasteiger partial charge >= 0.3 is 17.9 Å². The van der Waals surface area contributed by atoms with Gasteiger partial charge in [-0.3, -0.25) is 14.4 Å². The van der Waals surface area contributed by atoms with Crippen LogP contribution in [0.4, 0.5) is 0 Å². The van der Waals surface area contributed by atoms with Gasteiger partial charge in [-0.2, -0.15) is 0 Å². The fraction of sp³-hybridized carbons (Fsp3) is 0.839. The molecule has 0 N–H and O–H groups in total. The van der Waals surface area contributed by atoms with E-state index < -0.39 is 6.10 Å². The lowest BCUT2D eigenvalue weighted by Gasteiger charge is -2.18. The molecule has 0 unspecified atom stereocenters. The number of rotatable bonds is 49. The summed E-state index contributed by atoms with van der Waals surface area (Å²) < 4.78 is 16.8. The Morgan fingerprint density at radius 2 is 0.581 bits per heavy atom. The van der Waals surface area contributed by atoms with Gasteiger partial charge in [-0.1, -0.05) is 243 Å². The number of allylic oxidation sites excluding steroid dienone is 6. The topological polar surface area (TPSA) is 78.9 Å². The number of esters is 3. The monoisotopic (exact) mass is 871 g/mol. The van der Waals surface area contributed by atoms with E-state index in [1.807, 2.05) is 0 Å². The van der Waals surface area contributed by atoms with Gasteiger partial charge in [0.1, 0.15) is 13.2 Å². The average Bonchev–Trinajstić information content (AvgIpc) is 3.27. The summed E-state index contributed by atoms with van der Waals surface area (Å²) in [5, 5.41) is 0. The van der Waals surface area contributed by atoms with Gasteiger partial charge in [0.25, 0.3) is 0 Å². The van der Waals surface area contributed by atoms with Crippen LogP contribution in [0.1, 0.15) is 284 Å². The van der Waals surface area contributed by atoms with Gasteiger partial charge in [0.05, 0.1) is 0 Å². The molecular formula is C56H102O6. The molecule has 6 heteroatoms. The number of carbonyl (C=O) groups is 3. The van der Waals surface area contributed by atoms with Crippen molar-refractivity contribution in [1.29, 1.82) is 0 Å². The summed E-state index contributed by atoms with van der Waals surface area (Å²) in [4.78, 5) is 38.0. The van der Waals surface area contributed by atoms with E-state index in [9.17, 15) is 14.4 Å². The van der Waals surface area contributed by atoms with Crippen molar-refractivity contribution in [2.45, 2.75) is 290 Å². The lowest BCUT2D eigenvalue weighted by Crippen LogP contribution is -2.30. The van der Waals surface area contributed by atoms with Gasteiger partial charge in [-0.15, -0.1) is 0 Å². The van der Waals surface area contributed by atoms with Crippen LogP contribution < -0.4 is 0 Å². The Morgan fingerprint density at radius 1 is 0.323 bits per heavy atom. The fourth-order valence-electron chi connectivity index (χ4n) is 7.80. The van der Waals surface area contributed by atoms with E-state index in [1.54, 1.807) is 0 Å². The maximum absolute atomic E-state index is 12.8. The molecule has 0 fully saturated rings. The molecule has 0 spiro atoms. The normalized spacial score (nSPS) is 12.2. The highest BCUT2D eigenvalue weighted by molar-refractivity contribution is 5.71. The Balaban J connectivity index is 4.38. The van der Waals surface area contributed by atoms with E-state index in [-0.39, 0.29) is 31.1 Å². The van der Waals surface area contributed by atoms with Crippen molar-refractivity contribution < 1.29 is 28.6 Å². The van der Waals surface area contributed by atoms with Crippen LogP contribution in [0.25, 0.3) is 0 Å². The van der Waals surface area contributed by atoms with Gasteiger partial charge in [-0.25, -0.2) is 0 Å². The SMILES string of the molecule is CCCCC/C=C\C/C=C\C/C=C\CCCCC(=O)OC[C@H](COC(=O)CCCCCCCCCCCCCC)OC(=O)CCCCCCCCCCCCCCCCCCC. The molecule has 0 aliphatic carbocycles. The van der Waals surface area contributed by atoms with Crippen molar-refractivity contribution in [1.82, 2.24) is 0 Å². The van der Waals surface area contributed by atoms with Crippen LogP contribution in [0.15, 0.2) is 36.5 Å². The van der Waals surface area contributed by atoms with Gasteiger partial charge in [-0.05, 0) is 57.8 Å². The van der Waals surface area contributed by atoms with Gasteiger partial charge in [0.15, 0.2) is 6.10 Å². The molecule has 6 nitrogen and oxygen atoms in total. The highest BCUT2D eigenvalue weighted by Crippen LogP contribution is 2.16. The molecule has 0 amide bonds. The molecule has 0 aromatic carbocycles. The van der Waals surface area contributed by atoms with Crippen molar-refractivity contribution in [3.05, 3.63) is 36.5 Å². The minimum atomic E-state index is -0.782. The predicted molar refractivity (Wildman–Crippen MR) is 266 cm³/mol. The van der Waals surface area contributed by atoms with E-state index in [1.165, 1.54) is 173 Å². The zero-order chi connectivity index (χ0) is 45.1. The molecule has 0 heterocycles. The maximum Gasteiger partial charge on any atom is 0.306 e. The summed E-state index contributed by atoms with van der Waals surface area (Å²) in [5.41, 5.74) is 0. The molecule has 0 aliphatic rings. The Kier molecular flexibility index (Phi) is 49.3. The van der Waals surface area contributed by atoms with E-state index in [0.717, 1.165) is 70.6 Å². The number of carbonyl (C=O) groups excluding carboxylic acids is 3. The highest BCUT2D eigenvalue weighted by atomic mass is 16.6. The quantitative estimate of drug-likeness (QED) is 0.0262. The van der Waals surface area contributed by atoms with Crippen LogP contribution >= 0.6 is 0 Å². The first-order valence-electron chi connectivity index (χ1n) is 27.0. The van der Waals surface area contributed by atoms with Gasteiger partial charge < -0.3 is 14.2 Å². The summed E-state index contributed by atoms with van der Waals surface area (Å²) in [6.45, 7) is 6.60. The molecule has 1 atom stereocenters. The van der Waals surface area contributed by atoms with Crippen LogP contribution in [0.2, 0.25) is 0 Å². The molecule has 0 aliphatic heterocycles. The first-order chi connectivity index (χ1) is 30.5. The smallest absolute Gasteiger partial charge is 0.306 e. The molecule has 0 aromatic rings. The summed E-state index contributed by atoms with van der Waals surface area (Å²) in [6.07, 6.45) is 59.9. The largest absolute Gasteiger partial charge is 0.462 e. The molecule has 0 rings (SSSR count). The fourth-order valence-corrected chi connectivity index (χ4v) is 7.80. The Bertz CT molecular complexity index is 1050. The minimum absolute atomic E-state index is 0.0797. The zero-order valence-corrected chi connectivity index (χ0v) is 41.4. The Morgan fingerprint density at radius 3 is 0.935 bits per heavy atom. The zero-order valence-electron chi connectivity index (χ0n) is 41.4. The third-order valence-corrected chi connectivity index (χ3v) is 11.9. The second-order valence-electron chi connectivity index (χ2n) is 18.2. The lowest BCUT2D eigenvalue weighted by atomic mass is 10.0. The molecule has 0 saturated carbocycles. The third-order valence-electron chi connectivity index (χ3n) is 11.9. The molecule has 62 heavy (non-hydrogen) atoms. The number of ether oxygens (including phenoxy) is 3. The van der Waals surface area contributed by atoms with Crippen molar-refractivity contribution in [2.24, 2.45) is 0 Å². The molecule has 0 radical (unpaired) electrons. The molecule has 362 valence electrons. The predicted octanol–water partition coefficient (Wildman–Crippen LogP) is 17.7. The van der Waals surface area contributed by atoms with Crippen LogP contribution in [0.3, 0.4) is 0 Å².